The molecule has 0 aromatic heterocycles. The summed E-state index contributed by atoms with van der Waals surface area (Å²) in [7, 11) is 2.84. The lowest BCUT2D eigenvalue weighted by Crippen LogP contribution is -2.10. The first-order valence-electron chi connectivity index (χ1n) is 5.61. The third-order valence-corrected chi connectivity index (χ3v) is 2.24. The van der Waals surface area contributed by atoms with Crippen LogP contribution in [0.2, 0.25) is 0 Å². The van der Waals surface area contributed by atoms with Crippen molar-refractivity contribution in [2.75, 3.05) is 20.8 Å². The largest absolute Gasteiger partial charge is 0.504 e. The third kappa shape index (κ3) is 3.29. The lowest BCUT2D eigenvalue weighted by atomic mass is 10.2. The van der Waals surface area contributed by atoms with E-state index in [1.807, 2.05) is 13.8 Å². The van der Waals surface area contributed by atoms with E-state index in [0.29, 0.717) is 6.61 Å². The maximum atomic E-state index is 11.7. The zero-order valence-electron chi connectivity index (χ0n) is 11.0. The van der Waals surface area contributed by atoms with Gasteiger partial charge in [0.2, 0.25) is 5.75 Å². The van der Waals surface area contributed by atoms with E-state index < -0.39 is 5.97 Å². The number of hydrogen-bond donors (Lipinski definition) is 1. The van der Waals surface area contributed by atoms with Gasteiger partial charge in [-0.2, -0.15) is 0 Å². The molecule has 100 valence electrons. The SMILES string of the molecule is COc1cc(C(=O)OCC(C)C)cc(O)c1OC. The smallest absolute Gasteiger partial charge is 0.338 e. The molecule has 5 heteroatoms. The Kier molecular flexibility index (Phi) is 4.83. The van der Waals surface area contributed by atoms with Crippen molar-refractivity contribution in [2.45, 2.75) is 13.8 Å². The van der Waals surface area contributed by atoms with Crippen molar-refractivity contribution in [2.24, 2.45) is 5.92 Å². The summed E-state index contributed by atoms with van der Waals surface area (Å²) in [4.78, 5) is 11.7. The van der Waals surface area contributed by atoms with Gasteiger partial charge in [0.25, 0.3) is 0 Å². The molecule has 1 aromatic rings. The Morgan fingerprint density at radius 2 is 1.94 bits per heavy atom. The topological polar surface area (TPSA) is 65.0 Å². The van der Waals surface area contributed by atoms with Crippen LogP contribution in [0.1, 0.15) is 24.2 Å². The number of rotatable bonds is 5. The van der Waals surface area contributed by atoms with Crippen LogP contribution >= 0.6 is 0 Å². The minimum atomic E-state index is -0.500. The molecule has 0 fully saturated rings. The molecule has 0 radical (unpaired) electrons. The van der Waals surface area contributed by atoms with Gasteiger partial charge in [-0.1, -0.05) is 13.8 Å². The van der Waals surface area contributed by atoms with Gasteiger partial charge in [0, 0.05) is 0 Å². The number of benzene rings is 1. The number of phenols is 1. The third-order valence-electron chi connectivity index (χ3n) is 2.24. The van der Waals surface area contributed by atoms with Gasteiger partial charge in [-0.25, -0.2) is 4.79 Å². The van der Waals surface area contributed by atoms with Crippen molar-refractivity contribution in [3.8, 4) is 17.2 Å². The van der Waals surface area contributed by atoms with Crippen LogP contribution in [0.15, 0.2) is 12.1 Å². The average Bonchev–Trinajstić information content (AvgIpc) is 2.34. The number of carbonyl (C=O) groups is 1. The molecular weight excluding hydrogens is 236 g/mol. The highest BCUT2D eigenvalue weighted by Gasteiger charge is 2.16. The molecule has 0 amide bonds. The summed E-state index contributed by atoms with van der Waals surface area (Å²) in [6, 6.07) is 2.77. The van der Waals surface area contributed by atoms with Crippen molar-refractivity contribution in [1.82, 2.24) is 0 Å². The maximum absolute atomic E-state index is 11.7. The molecule has 0 saturated heterocycles. The first-order valence-corrected chi connectivity index (χ1v) is 5.61. The fourth-order valence-electron chi connectivity index (χ4n) is 1.39. The van der Waals surface area contributed by atoms with Gasteiger partial charge in [-0.05, 0) is 18.1 Å². The minimum absolute atomic E-state index is 0.159. The Bertz CT molecular complexity index is 426. The monoisotopic (exact) mass is 254 g/mol. The number of esters is 1. The molecule has 0 unspecified atom stereocenters. The van der Waals surface area contributed by atoms with Gasteiger partial charge >= 0.3 is 5.97 Å². The highest BCUT2D eigenvalue weighted by atomic mass is 16.5. The molecule has 1 rings (SSSR count). The first-order chi connectivity index (χ1) is 8.49. The summed E-state index contributed by atoms with van der Waals surface area (Å²) in [5.74, 6) is 0.0721. The zero-order valence-corrected chi connectivity index (χ0v) is 11.0. The molecule has 0 aliphatic rings. The molecule has 5 nitrogen and oxygen atoms in total. The Labute approximate surface area is 106 Å². The number of carbonyl (C=O) groups excluding carboxylic acids is 1. The maximum Gasteiger partial charge on any atom is 0.338 e. The molecule has 0 atom stereocenters. The van der Waals surface area contributed by atoms with E-state index in [9.17, 15) is 9.90 Å². The van der Waals surface area contributed by atoms with Crippen LogP contribution in [0.4, 0.5) is 0 Å². The lowest BCUT2D eigenvalue weighted by molar-refractivity contribution is 0.0458. The molecule has 0 bridgehead atoms. The van der Waals surface area contributed by atoms with Crippen molar-refractivity contribution in [3.05, 3.63) is 17.7 Å². The van der Waals surface area contributed by atoms with Crippen molar-refractivity contribution >= 4 is 5.97 Å². The molecule has 1 aromatic carbocycles. The number of ether oxygens (including phenoxy) is 3. The van der Waals surface area contributed by atoms with E-state index in [4.69, 9.17) is 14.2 Å². The molecule has 0 spiro atoms. The minimum Gasteiger partial charge on any atom is -0.504 e. The number of methoxy groups -OCH3 is 2. The Hall–Kier alpha value is -1.91. The van der Waals surface area contributed by atoms with Crippen molar-refractivity contribution < 1.29 is 24.1 Å². The second kappa shape index (κ2) is 6.14. The Morgan fingerprint density at radius 1 is 1.28 bits per heavy atom. The van der Waals surface area contributed by atoms with E-state index in [1.54, 1.807) is 0 Å². The van der Waals surface area contributed by atoms with Gasteiger partial charge in [0.1, 0.15) is 0 Å². The summed E-state index contributed by atoms with van der Waals surface area (Å²) in [6.07, 6.45) is 0. The van der Waals surface area contributed by atoms with E-state index in [1.165, 1.54) is 26.4 Å². The average molecular weight is 254 g/mol. The fourth-order valence-corrected chi connectivity index (χ4v) is 1.39. The fraction of sp³-hybridized carbons (Fsp3) is 0.462. The van der Waals surface area contributed by atoms with E-state index in [2.05, 4.69) is 0 Å². The van der Waals surface area contributed by atoms with Crippen LogP contribution in [0.5, 0.6) is 17.2 Å². The first kappa shape index (κ1) is 14.2. The molecule has 0 heterocycles. The Morgan fingerprint density at radius 3 is 2.44 bits per heavy atom. The molecule has 1 N–H and O–H groups in total. The summed E-state index contributed by atoms with van der Waals surface area (Å²) < 4.78 is 15.1. The molecule has 18 heavy (non-hydrogen) atoms. The Balaban J connectivity index is 2.97. The normalized spacial score (nSPS) is 10.3. The highest BCUT2D eigenvalue weighted by Crippen LogP contribution is 2.37. The van der Waals surface area contributed by atoms with Crippen LogP contribution in [0, 0.1) is 5.92 Å². The molecule has 0 aliphatic carbocycles. The number of phenolic OH excluding ortho intramolecular Hbond substituents is 1. The van der Waals surface area contributed by atoms with Crippen LogP contribution in [0.25, 0.3) is 0 Å². The number of hydrogen-bond acceptors (Lipinski definition) is 5. The van der Waals surface area contributed by atoms with Crippen LogP contribution in [0.3, 0.4) is 0 Å². The predicted molar refractivity (Wildman–Crippen MR) is 66.3 cm³/mol. The van der Waals surface area contributed by atoms with Gasteiger partial charge < -0.3 is 19.3 Å². The van der Waals surface area contributed by atoms with Crippen molar-refractivity contribution in [3.63, 3.8) is 0 Å². The van der Waals surface area contributed by atoms with E-state index in [-0.39, 0.29) is 28.7 Å². The van der Waals surface area contributed by atoms with E-state index >= 15 is 0 Å². The standard InChI is InChI=1S/C13H18O5/c1-8(2)7-18-13(15)9-5-10(14)12(17-4)11(6-9)16-3/h5-6,8,14H,7H2,1-4H3. The summed E-state index contributed by atoms with van der Waals surface area (Å²) in [5, 5.41) is 9.72. The highest BCUT2D eigenvalue weighted by molar-refractivity contribution is 5.91. The summed E-state index contributed by atoms with van der Waals surface area (Å²) in [5.41, 5.74) is 0.228. The zero-order chi connectivity index (χ0) is 13.7. The van der Waals surface area contributed by atoms with Crippen molar-refractivity contribution in [1.29, 1.82) is 0 Å². The second-order valence-electron chi connectivity index (χ2n) is 4.22. The van der Waals surface area contributed by atoms with Gasteiger partial charge in [-0.3, -0.25) is 0 Å². The molecular formula is C13H18O5. The van der Waals surface area contributed by atoms with E-state index in [0.717, 1.165) is 0 Å². The lowest BCUT2D eigenvalue weighted by Gasteiger charge is -2.12. The van der Waals surface area contributed by atoms with Crippen LogP contribution in [-0.2, 0) is 4.74 Å². The van der Waals surface area contributed by atoms with Crippen LogP contribution in [-0.4, -0.2) is 31.9 Å². The molecule has 0 aliphatic heterocycles. The second-order valence-corrected chi connectivity index (χ2v) is 4.22. The van der Waals surface area contributed by atoms with Gasteiger partial charge in [0.05, 0.1) is 26.4 Å². The molecule has 0 saturated carbocycles. The predicted octanol–water partition coefficient (Wildman–Crippen LogP) is 2.22. The summed E-state index contributed by atoms with van der Waals surface area (Å²) in [6.45, 7) is 4.21. The quantitative estimate of drug-likeness (QED) is 0.816. The summed E-state index contributed by atoms with van der Waals surface area (Å²) >= 11 is 0. The van der Waals surface area contributed by atoms with Gasteiger partial charge in [-0.15, -0.1) is 0 Å². The van der Waals surface area contributed by atoms with Gasteiger partial charge in [0.15, 0.2) is 11.5 Å². The van der Waals surface area contributed by atoms with Crippen LogP contribution < -0.4 is 9.47 Å². The number of aromatic hydroxyl groups is 1.